The van der Waals surface area contributed by atoms with E-state index in [9.17, 15) is 9.59 Å². The third-order valence-electron chi connectivity index (χ3n) is 6.98. The lowest BCUT2D eigenvalue weighted by atomic mass is 10.1. The molecular weight excluding hydrogens is 476 g/mol. The highest BCUT2D eigenvalue weighted by Crippen LogP contribution is 2.10. The zero-order valence-corrected chi connectivity index (χ0v) is 25.0. The van der Waals surface area contributed by atoms with Crippen molar-refractivity contribution in [2.24, 2.45) is 0 Å². The van der Waals surface area contributed by atoms with Crippen molar-refractivity contribution in [1.29, 1.82) is 0 Å². The average molecular weight is 533 g/mol. The molecule has 1 aromatic carbocycles. The highest BCUT2D eigenvalue weighted by atomic mass is 16.5. The number of rotatable bonds is 24. The van der Waals surface area contributed by atoms with E-state index in [0.29, 0.717) is 24.3 Å². The maximum atomic E-state index is 12.3. The molecule has 0 aromatic heterocycles. The molecule has 0 radical (unpaired) electrons. The van der Waals surface area contributed by atoms with Gasteiger partial charge in [0.1, 0.15) is 0 Å². The molecule has 6 heteroatoms. The highest BCUT2D eigenvalue weighted by molar-refractivity contribution is 5.93. The zero-order chi connectivity index (χ0) is 27.8. The molecule has 38 heavy (non-hydrogen) atoms. The molecule has 1 aromatic rings. The Kier molecular flexibility index (Phi) is 20.7. The molecule has 218 valence electrons. The Balaban J connectivity index is 2.14. The lowest BCUT2D eigenvalue weighted by Gasteiger charge is -2.16. The van der Waals surface area contributed by atoms with Crippen molar-refractivity contribution >= 4 is 11.9 Å². The highest BCUT2D eigenvalue weighted by Gasteiger charge is 2.11. The van der Waals surface area contributed by atoms with Gasteiger partial charge < -0.3 is 19.3 Å². The van der Waals surface area contributed by atoms with Gasteiger partial charge in [-0.25, -0.2) is 9.59 Å². The summed E-state index contributed by atoms with van der Waals surface area (Å²) in [6, 6.07) is 6.55. The molecule has 0 amide bonds. The number of hydrogen-bond donors (Lipinski definition) is 0. The van der Waals surface area contributed by atoms with E-state index in [4.69, 9.17) is 9.47 Å². The monoisotopic (exact) mass is 532 g/mol. The molecule has 0 heterocycles. The number of esters is 2. The van der Waals surface area contributed by atoms with Gasteiger partial charge in [-0.05, 0) is 77.1 Å². The molecule has 0 aliphatic heterocycles. The van der Waals surface area contributed by atoms with Crippen molar-refractivity contribution in [1.82, 2.24) is 9.80 Å². The van der Waals surface area contributed by atoms with Crippen LogP contribution in [-0.2, 0) is 9.47 Å². The van der Waals surface area contributed by atoms with E-state index < -0.39 is 0 Å². The van der Waals surface area contributed by atoms with Crippen molar-refractivity contribution in [2.75, 3.05) is 53.5 Å². The Morgan fingerprint density at radius 1 is 0.526 bits per heavy atom. The molecule has 0 atom stereocenters. The van der Waals surface area contributed by atoms with E-state index in [0.717, 1.165) is 39.0 Å². The number of carbonyl (C=O) groups excluding carboxylic acids is 2. The van der Waals surface area contributed by atoms with E-state index in [2.05, 4.69) is 37.7 Å². The molecule has 0 unspecified atom stereocenters. The van der Waals surface area contributed by atoms with Gasteiger partial charge in [-0.3, -0.25) is 0 Å². The predicted molar refractivity (Wildman–Crippen MR) is 158 cm³/mol. The summed E-state index contributed by atoms with van der Waals surface area (Å²) in [5.74, 6) is -0.700. The zero-order valence-electron chi connectivity index (χ0n) is 25.0. The molecule has 1 rings (SSSR count). The lowest BCUT2D eigenvalue weighted by molar-refractivity contribution is 0.0476. The molecule has 0 saturated carbocycles. The van der Waals surface area contributed by atoms with Crippen LogP contribution in [0.25, 0.3) is 0 Å². The van der Waals surface area contributed by atoms with Gasteiger partial charge in [0.25, 0.3) is 0 Å². The van der Waals surface area contributed by atoms with E-state index in [1.54, 1.807) is 24.3 Å². The fourth-order valence-corrected chi connectivity index (χ4v) is 4.46. The standard InChI is InChI=1S/C32H56N2O4/c1-5-7-9-11-13-15-23-33(3)25-17-27-37-31(35)29-19-21-30(22-20-29)32(36)38-28-18-26-34(4)24-16-14-12-10-8-6-2/h19-22H,5-18,23-28H2,1-4H3. The van der Waals surface area contributed by atoms with Crippen molar-refractivity contribution in [3.63, 3.8) is 0 Å². The van der Waals surface area contributed by atoms with Gasteiger partial charge in [-0.15, -0.1) is 0 Å². The van der Waals surface area contributed by atoms with Gasteiger partial charge >= 0.3 is 11.9 Å². The van der Waals surface area contributed by atoms with Crippen LogP contribution in [0.2, 0.25) is 0 Å². The summed E-state index contributed by atoms with van der Waals surface area (Å²) in [7, 11) is 4.25. The number of unbranched alkanes of at least 4 members (excludes halogenated alkanes) is 10. The molecule has 0 aliphatic carbocycles. The van der Waals surface area contributed by atoms with E-state index in [1.165, 1.54) is 77.0 Å². The van der Waals surface area contributed by atoms with Crippen LogP contribution in [0, 0.1) is 0 Å². The Hall–Kier alpha value is -1.92. The first-order chi connectivity index (χ1) is 18.5. The molecule has 0 aliphatic rings. The molecule has 0 saturated heterocycles. The van der Waals surface area contributed by atoms with Gasteiger partial charge in [0.15, 0.2) is 0 Å². The Bertz CT molecular complexity index is 662. The molecule has 6 nitrogen and oxygen atoms in total. The summed E-state index contributed by atoms with van der Waals surface area (Å²) in [6.45, 7) is 9.30. The Labute approximate surface area is 233 Å². The third-order valence-corrected chi connectivity index (χ3v) is 6.98. The summed E-state index contributed by atoms with van der Waals surface area (Å²) >= 11 is 0. The van der Waals surface area contributed by atoms with Crippen LogP contribution in [-0.4, -0.2) is 75.2 Å². The Morgan fingerprint density at radius 3 is 1.21 bits per heavy atom. The van der Waals surface area contributed by atoms with Crippen LogP contribution in [0.3, 0.4) is 0 Å². The van der Waals surface area contributed by atoms with Gasteiger partial charge in [0.05, 0.1) is 24.3 Å². The minimum Gasteiger partial charge on any atom is -0.462 e. The summed E-state index contributed by atoms with van der Waals surface area (Å²) in [4.78, 5) is 29.3. The van der Waals surface area contributed by atoms with Gasteiger partial charge in [-0.2, -0.15) is 0 Å². The van der Waals surface area contributed by atoms with Crippen molar-refractivity contribution in [3.8, 4) is 0 Å². The van der Waals surface area contributed by atoms with Crippen molar-refractivity contribution in [2.45, 2.75) is 104 Å². The third kappa shape index (κ3) is 17.6. The van der Waals surface area contributed by atoms with Crippen LogP contribution in [0.15, 0.2) is 24.3 Å². The molecule has 0 N–H and O–H groups in total. The normalized spacial score (nSPS) is 11.3. The summed E-state index contributed by atoms with van der Waals surface area (Å²) in [5.41, 5.74) is 0.914. The second-order valence-corrected chi connectivity index (χ2v) is 10.7. The summed E-state index contributed by atoms with van der Waals surface area (Å²) < 4.78 is 10.8. The number of benzene rings is 1. The first-order valence-electron chi connectivity index (χ1n) is 15.3. The molecule has 0 fully saturated rings. The van der Waals surface area contributed by atoms with Crippen LogP contribution in [0.4, 0.5) is 0 Å². The predicted octanol–water partition coefficient (Wildman–Crippen LogP) is 7.37. The Morgan fingerprint density at radius 2 is 0.842 bits per heavy atom. The van der Waals surface area contributed by atoms with Crippen LogP contribution < -0.4 is 0 Å². The minimum absolute atomic E-state index is 0.350. The van der Waals surface area contributed by atoms with Crippen LogP contribution in [0.5, 0.6) is 0 Å². The largest absolute Gasteiger partial charge is 0.462 e. The number of hydrogen-bond acceptors (Lipinski definition) is 6. The minimum atomic E-state index is -0.350. The average Bonchev–Trinajstić information content (AvgIpc) is 2.92. The number of ether oxygens (including phenoxy) is 2. The number of nitrogens with zero attached hydrogens (tertiary/aromatic N) is 2. The molecule has 0 spiro atoms. The van der Waals surface area contributed by atoms with Gasteiger partial charge in [-0.1, -0.05) is 78.1 Å². The second-order valence-electron chi connectivity index (χ2n) is 10.7. The van der Waals surface area contributed by atoms with Gasteiger partial charge in [0, 0.05) is 13.1 Å². The first kappa shape index (κ1) is 34.1. The summed E-state index contributed by atoms with van der Waals surface area (Å²) in [6.07, 6.45) is 17.3. The summed E-state index contributed by atoms with van der Waals surface area (Å²) in [5, 5.41) is 0. The maximum Gasteiger partial charge on any atom is 0.338 e. The van der Waals surface area contributed by atoms with Crippen LogP contribution in [0.1, 0.15) is 124 Å². The first-order valence-corrected chi connectivity index (χ1v) is 15.3. The molecular formula is C32H56N2O4. The van der Waals surface area contributed by atoms with E-state index in [1.807, 2.05) is 0 Å². The topological polar surface area (TPSA) is 59.1 Å². The number of carbonyl (C=O) groups is 2. The smallest absolute Gasteiger partial charge is 0.338 e. The van der Waals surface area contributed by atoms with Crippen LogP contribution >= 0.6 is 0 Å². The quantitative estimate of drug-likeness (QED) is 0.102. The van der Waals surface area contributed by atoms with E-state index >= 15 is 0 Å². The second kappa shape index (κ2) is 23.0. The van der Waals surface area contributed by atoms with E-state index in [-0.39, 0.29) is 11.9 Å². The fraction of sp³-hybridized carbons (Fsp3) is 0.750. The fourth-order valence-electron chi connectivity index (χ4n) is 4.46. The van der Waals surface area contributed by atoms with Crippen molar-refractivity contribution < 1.29 is 19.1 Å². The maximum absolute atomic E-state index is 12.3. The van der Waals surface area contributed by atoms with Gasteiger partial charge in [0.2, 0.25) is 0 Å². The molecule has 0 bridgehead atoms. The SMILES string of the molecule is CCCCCCCCN(C)CCCOC(=O)c1ccc(C(=O)OCCCN(C)CCCCCCCC)cc1. The van der Waals surface area contributed by atoms with Crippen molar-refractivity contribution in [3.05, 3.63) is 35.4 Å². The lowest BCUT2D eigenvalue weighted by Crippen LogP contribution is -2.22.